The van der Waals surface area contributed by atoms with Crippen molar-refractivity contribution in [3.8, 4) is 0 Å². The van der Waals surface area contributed by atoms with Gasteiger partial charge in [-0.05, 0) is 12.1 Å². The molecule has 16 heavy (non-hydrogen) atoms. The Kier molecular flexibility index (Phi) is 3.16. The Bertz CT molecular complexity index is 482. The van der Waals surface area contributed by atoms with Gasteiger partial charge < -0.3 is 10.4 Å². The minimum atomic E-state index is -0.924. The number of nitrogens with zero attached hydrogens (tertiary/aromatic N) is 1. The topological polar surface area (TPSA) is 62.2 Å². The number of para-hydroxylation sites is 1. The Morgan fingerprint density at radius 3 is 2.94 bits per heavy atom. The smallest absolute Gasteiger partial charge is 0.337 e. The highest BCUT2D eigenvalue weighted by atomic mass is 32.1. The van der Waals surface area contributed by atoms with Gasteiger partial charge in [0, 0.05) is 16.8 Å². The first-order chi connectivity index (χ1) is 7.77. The molecule has 2 N–H and O–H groups in total. The molecule has 0 fully saturated rings. The van der Waals surface area contributed by atoms with Crippen LogP contribution in [0.1, 0.15) is 15.2 Å². The van der Waals surface area contributed by atoms with Gasteiger partial charge in [0.15, 0.2) is 0 Å². The van der Waals surface area contributed by atoms with E-state index < -0.39 is 5.97 Å². The molecule has 0 aliphatic carbocycles. The van der Waals surface area contributed by atoms with Crippen molar-refractivity contribution in [2.75, 3.05) is 5.32 Å². The fraction of sp³-hybridized carbons (Fsp3) is 0.0909. The number of benzene rings is 1. The zero-order valence-corrected chi connectivity index (χ0v) is 9.20. The van der Waals surface area contributed by atoms with Gasteiger partial charge in [-0.15, -0.1) is 11.3 Å². The molecule has 1 aromatic heterocycles. The van der Waals surface area contributed by atoms with Gasteiger partial charge in [-0.3, -0.25) is 4.98 Å². The first-order valence-corrected chi connectivity index (χ1v) is 5.59. The van der Waals surface area contributed by atoms with Gasteiger partial charge >= 0.3 is 5.97 Å². The quantitative estimate of drug-likeness (QED) is 0.853. The number of rotatable bonds is 4. The van der Waals surface area contributed by atoms with E-state index in [2.05, 4.69) is 10.3 Å². The van der Waals surface area contributed by atoms with Crippen LogP contribution < -0.4 is 5.32 Å². The van der Waals surface area contributed by atoms with Crippen molar-refractivity contribution in [1.82, 2.24) is 4.98 Å². The number of carboxylic acid groups (broad SMARTS) is 1. The highest BCUT2D eigenvalue weighted by molar-refractivity contribution is 7.09. The van der Waals surface area contributed by atoms with E-state index in [0.717, 1.165) is 4.88 Å². The first-order valence-electron chi connectivity index (χ1n) is 4.71. The van der Waals surface area contributed by atoms with Crippen LogP contribution >= 0.6 is 11.3 Å². The van der Waals surface area contributed by atoms with Crippen LogP contribution in [-0.2, 0) is 6.54 Å². The summed E-state index contributed by atoms with van der Waals surface area (Å²) in [5, 5.41) is 12.1. The Balaban J connectivity index is 2.12. The number of thiazole rings is 1. The van der Waals surface area contributed by atoms with Gasteiger partial charge in [0.1, 0.15) is 0 Å². The fourth-order valence-electron chi connectivity index (χ4n) is 1.34. The van der Waals surface area contributed by atoms with E-state index in [9.17, 15) is 4.79 Å². The summed E-state index contributed by atoms with van der Waals surface area (Å²) >= 11 is 1.54. The summed E-state index contributed by atoms with van der Waals surface area (Å²) in [5.41, 5.74) is 2.66. The van der Waals surface area contributed by atoms with Gasteiger partial charge in [-0.25, -0.2) is 4.79 Å². The third-order valence-electron chi connectivity index (χ3n) is 2.09. The maximum Gasteiger partial charge on any atom is 0.337 e. The molecule has 2 rings (SSSR count). The van der Waals surface area contributed by atoms with Crippen LogP contribution in [-0.4, -0.2) is 16.1 Å². The Labute approximate surface area is 96.6 Å². The molecule has 0 aliphatic heterocycles. The largest absolute Gasteiger partial charge is 0.478 e. The molecule has 0 bridgehead atoms. The van der Waals surface area contributed by atoms with E-state index in [-0.39, 0.29) is 5.56 Å². The van der Waals surface area contributed by atoms with Crippen molar-refractivity contribution in [3.05, 3.63) is 46.4 Å². The summed E-state index contributed by atoms with van der Waals surface area (Å²) in [7, 11) is 0. The number of aromatic carboxylic acids is 1. The predicted molar refractivity (Wildman–Crippen MR) is 62.8 cm³/mol. The second-order valence-electron chi connectivity index (χ2n) is 3.17. The first kappa shape index (κ1) is 10.6. The lowest BCUT2D eigenvalue weighted by Crippen LogP contribution is -2.05. The Hall–Kier alpha value is -1.88. The molecule has 0 spiro atoms. The number of hydrogen-bond acceptors (Lipinski definition) is 4. The lowest BCUT2D eigenvalue weighted by molar-refractivity contribution is 0.0698. The van der Waals surface area contributed by atoms with Crippen LogP contribution in [0, 0.1) is 0 Å². The van der Waals surface area contributed by atoms with E-state index in [1.807, 2.05) is 0 Å². The molecule has 0 saturated heterocycles. The molecule has 1 heterocycles. The lowest BCUT2D eigenvalue weighted by atomic mass is 10.2. The molecule has 0 atom stereocenters. The maximum absolute atomic E-state index is 10.9. The number of carbonyl (C=O) groups is 1. The van der Waals surface area contributed by atoms with Crippen LogP contribution in [0.4, 0.5) is 5.69 Å². The van der Waals surface area contributed by atoms with Crippen molar-refractivity contribution in [3.63, 3.8) is 0 Å². The molecule has 0 unspecified atom stereocenters. The number of anilines is 1. The molecule has 0 saturated carbocycles. The van der Waals surface area contributed by atoms with Crippen LogP contribution in [0.25, 0.3) is 0 Å². The van der Waals surface area contributed by atoms with E-state index >= 15 is 0 Å². The molecule has 0 amide bonds. The normalized spacial score (nSPS) is 10.0. The van der Waals surface area contributed by atoms with Crippen molar-refractivity contribution in [1.29, 1.82) is 0 Å². The van der Waals surface area contributed by atoms with Crippen LogP contribution in [0.2, 0.25) is 0 Å². The number of aromatic nitrogens is 1. The van der Waals surface area contributed by atoms with Gasteiger partial charge in [0.25, 0.3) is 0 Å². The SMILES string of the molecule is O=C(O)c1ccccc1NCc1cncs1. The molecule has 4 nitrogen and oxygen atoms in total. The van der Waals surface area contributed by atoms with Gasteiger partial charge in [-0.1, -0.05) is 12.1 Å². The van der Waals surface area contributed by atoms with Crippen LogP contribution in [0.15, 0.2) is 36.0 Å². The number of nitrogens with one attached hydrogen (secondary N) is 1. The number of hydrogen-bond donors (Lipinski definition) is 2. The molecule has 0 aliphatic rings. The third kappa shape index (κ3) is 2.38. The monoisotopic (exact) mass is 234 g/mol. The average Bonchev–Trinajstić information content (AvgIpc) is 2.79. The standard InChI is InChI=1S/C11H10N2O2S/c14-11(15)9-3-1-2-4-10(9)13-6-8-5-12-7-16-8/h1-5,7,13H,6H2,(H,14,15). The molecular weight excluding hydrogens is 224 g/mol. The van der Waals surface area contributed by atoms with Crippen molar-refractivity contribution < 1.29 is 9.90 Å². The van der Waals surface area contributed by atoms with Gasteiger partial charge in [0.2, 0.25) is 0 Å². The van der Waals surface area contributed by atoms with E-state index in [0.29, 0.717) is 12.2 Å². The highest BCUT2D eigenvalue weighted by Crippen LogP contribution is 2.16. The second-order valence-corrected chi connectivity index (χ2v) is 4.14. The maximum atomic E-state index is 10.9. The van der Waals surface area contributed by atoms with E-state index in [1.54, 1.807) is 36.0 Å². The lowest BCUT2D eigenvalue weighted by Gasteiger charge is -2.07. The van der Waals surface area contributed by atoms with Gasteiger partial charge in [0.05, 0.1) is 17.6 Å². The molecule has 2 aromatic rings. The van der Waals surface area contributed by atoms with Crippen molar-refractivity contribution in [2.45, 2.75) is 6.54 Å². The zero-order chi connectivity index (χ0) is 11.4. The summed E-state index contributed by atoms with van der Waals surface area (Å²) in [6, 6.07) is 6.85. The summed E-state index contributed by atoms with van der Waals surface area (Å²) < 4.78 is 0. The fourth-order valence-corrected chi connectivity index (χ4v) is 1.87. The van der Waals surface area contributed by atoms with E-state index in [1.165, 1.54) is 11.3 Å². The summed E-state index contributed by atoms with van der Waals surface area (Å²) in [4.78, 5) is 16.0. The summed E-state index contributed by atoms with van der Waals surface area (Å²) in [6.45, 7) is 0.592. The van der Waals surface area contributed by atoms with Crippen LogP contribution in [0.3, 0.4) is 0 Å². The highest BCUT2D eigenvalue weighted by Gasteiger charge is 2.08. The average molecular weight is 234 g/mol. The molecule has 1 aromatic carbocycles. The molecule has 5 heteroatoms. The minimum Gasteiger partial charge on any atom is -0.478 e. The molecule has 0 radical (unpaired) electrons. The van der Waals surface area contributed by atoms with E-state index in [4.69, 9.17) is 5.11 Å². The second kappa shape index (κ2) is 4.76. The van der Waals surface area contributed by atoms with Crippen LogP contribution in [0.5, 0.6) is 0 Å². The Morgan fingerprint density at radius 1 is 1.44 bits per heavy atom. The number of carboxylic acids is 1. The minimum absolute atomic E-state index is 0.284. The third-order valence-corrected chi connectivity index (χ3v) is 2.87. The zero-order valence-electron chi connectivity index (χ0n) is 8.38. The van der Waals surface area contributed by atoms with Crippen molar-refractivity contribution in [2.24, 2.45) is 0 Å². The van der Waals surface area contributed by atoms with Crippen molar-refractivity contribution >= 4 is 23.0 Å². The predicted octanol–water partition coefficient (Wildman–Crippen LogP) is 2.45. The summed E-state index contributed by atoms with van der Waals surface area (Å²) in [6.07, 6.45) is 1.76. The molecular formula is C11H10N2O2S. The Morgan fingerprint density at radius 2 is 2.25 bits per heavy atom. The van der Waals surface area contributed by atoms with Gasteiger partial charge in [-0.2, -0.15) is 0 Å². The molecule has 82 valence electrons. The summed E-state index contributed by atoms with van der Waals surface area (Å²) in [5.74, 6) is -0.924.